The molecule has 2 aromatic carbocycles. The van der Waals surface area contributed by atoms with Crippen molar-refractivity contribution in [2.24, 2.45) is 0 Å². The van der Waals surface area contributed by atoms with Crippen molar-refractivity contribution in [1.82, 2.24) is 0 Å². The van der Waals surface area contributed by atoms with Gasteiger partial charge in [-0.2, -0.15) is 0 Å². The van der Waals surface area contributed by atoms with Crippen LogP contribution >= 0.6 is 11.6 Å². The van der Waals surface area contributed by atoms with Crippen LogP contribution < -0.4 is 15.1 Å². The summed E-state index contributed by atoms with van der Waals surface area (Å²) < 4.78 is 21.1. The summed E-state index contributed by atoms with van der Waals surface area (Å²) in [6, 6.07) is 10.1. The second-order valence-corrected chi connectivity index (χ2v) is 6.84. The molecule has 0 unspecified atom stereocenters. The molecule has 3 aromatic rings. The number of hydrogen-bond acceptors (Lipinski definition) is 6. The number of carbonyl (C=O) groups excluding carboxylic acids is 1. The summed E-state index contributed by atoms with van der Waals surface area (Å²) in [6.07, 6.45) is 3.64. The normalized spacial score (nSPS) is 12.6. The molecule has 7 heteroatoms. The lowest BCUT2D eigenvalue weighted by Gasteiger charge is -2.08. The molecule has 148 valence electrons. The molecule has 0 aliphatic carbocycles. The van der Waals surface area contributed by atoms with E-state index in [1.807, 2.05) is 6.92 Å². The van der Waals surface area contributed by atoms with E-state index in [1.54, 1.807) is 36.4 Å². The van der Waals surface area contributed by atoms with Crippen LogP contribution in [0.1, 0.15) is 23.6 Å². The molecule has 2 heterocycles. The minimum Gasteiger partial charge on any atom is -0.458 e. The molecule has 1 aromatic heterocycles. The molecule has 0 fully saturated rings. The van der Waals surface area contributed by atoms with Gasteiger partial charge in [-0.15, -0.1) is 0 Å². The van der Waals surface area contributed by atoms with Gasteiger partial charge in [-0.25, -0.2) is 9.59 Å². The first kappa shape index (κ1) is 19.1. The Hall–Kier alpha value is -3.25. The Kier molecular flexibility index (Phi) is 5.27. The predicted molar refractivity (Wildman–Crippen MR) is 108 cm³/mol. The summed E-state index contributed by atoms with van der Waals surface area (Å²) in [7, 11) is 0. The minimum atomic E-state index is -0.541. The van der Waals surface area contributed by atoms with Crippen molar-refractivity contribution in [3.8, 4) is 11.5 Å². The maximum atomic E-state index is 12.1. The van der Waals surface area contributed by atoms with Gasteiger partial charge in [0.15, 0.2) is 11.5 Å². The number of fused-ring (bicyclic) bond motifs is 2. The molecular weight excluding hydrogens is 396 g/mol. The van der Waals surface area contributed by atoms with E-state index in [-0.39, 0.29) is 13.4 Å². The summed E-state index contributed by atoms with van der Waals surface area (Å²) in [5.41, 5.74) is 2.09. The quantitative estimate of drug-likeness (QED) is 0.349. The third-order valence-electron chi connectivity index (χ3n) is 4.56. The summed E-state index contributed by atoms with van der Waals surface area (Å²) >= 11 is 6.28. The maximum Gasteiger partial charge on any atom is 0.336 e. The highest BCUT2D eigenvalue weighted by Gasteiger charge is 2.13. The Balaban J connectivity index is 1.49. The fraction of sp³-hybridized carbons (Fsp3) is 0.182. The zero-order chi connectivity index (χ0) is 20.4. The first-order chi connectivity index (χ1) is 14.0. The van der Waals surface area contributed by atoms with Gasteiger partial charge in [-0.3, -0.25) is 0 Å². The van der Waals surface area contributed by atoms with Gasteiger partial charge in [0, 0.05) is 28.1 Å². The van der Waals surface area contributed by atoms with Crippen LogP contribution in [0.25, 0.3) is 17.0 Å². The fourth-order valence-electron chi connectivity index (χ4n) is 3.06. The van der Waals surface area contributed by atoms with E-state index in [1.165, 1.54) is 12.1 Å². The molecule has 6 nitrogen and oxygen atoms in total. The van der Waals surface area contributed by atoms with Gasteiger partial charge in [0.2, 0.25) is 6.79 Å². The topological polar surface area (TPSA) is 75.0 Å². The van der Waals surface area contributed by atoms with Gasteiger partial charge in [0.05, 0.1) is 0 Å². The number of hydrogen-bond donors (Lipinski definition) is 0. The van der Waals surface area contributed by atoms with Crippen molar-refractivity contribution in [3.05, 3.63) is 74.6 Å². The number of aryl methyl sites for hydroxylation is 1. The van der Waals surface area contributed by atoms with Gasteiger partial charge >= 0.3 is 11.6 Å². The SMILES string of the molecule is CCc1cc2oc(=O)cc(COC(=O)/C=C/c3ccc4c(c3)OCO4)c2cc1Cl. The van der Waals surface area contributed by atoms with E-state index in [0.717, 1.165) is 11.1 Å². The van der Waals surface area contributed by atoms with Gasteiger partial charge in [0.25, 0.3) is 0 Å². The smallest absolute Gasteiger partial charge is 0.336 e. The molecule has 1 aliphatic heterocycles. The molecule has 0 saturated carbocycles. The first-order valence-corrected chi connectivity index (χ1v) is 9.41. The Bertz CT molecular complexity index is 1180. The number of carbonyl (C=O) groups is 1. The van der Waals surface area contributed by atoms with Crippen LogP contribution in [-0.2, 0) is 22.6 Å². The molecule has 0 N–H and O–H groups in total. The third kappa shape index (κ3) is 4.12. The molecule has 1 aliphatic rings. The summed E-state index contributed by atoms with van der Waals surface area (Å²) in [4.78, 5) is 24.0. The number of ether oxygens (including phenoxy) is 3. The standard InChI is InChI=1S/C22H17ClO6/c1-2-14-8-19-16(10-17(14)23)15(9-22(25)29-19)11-26-21(24)6-4-13-3-5-18-20(7-13)28-12-27-18/h3-10H,2,11-12H2,1H3/b6-4+. The zero-order valence-electron chi connectivity index (χ0n) is 15.6. The van der Waals surface area contributed by atoms with E-state index < -0.39 is 11.6 Å². The van der Waals surface area contributed by atoms with Crippen molar-refractivity contribution in [3.63, 3.8) is 0 Å². The third-order valence-corrected chi connectivity index (χ3v) is 4.91. The zero-order valence-corrected chi connectivity index (χ0v) is 16.3. The Morgan fingerprint density at radius 1 is 1.14 bits per heavy atom. The van der Waals surface area contributed by atoms with Gasteiger partial charge in [0.1, 0.15) is 12.2 Å². The summed E-state index contributed by atoms with van der Waals surface area (Å²) in [5.74, 6) is 0.760. The molecule has 0 amide bonds. The molecule has 0 radical (unpaired) electrons. The molecule has 0 bridgehead atoms. The van der Waals surface area contributed by atoms with Gasteiger partial charge in [-0.05, 0) is 47.9 Å². The molecule has 29 heavy (non-hydrogen) atoms. The second-order valence-electron chi connectivity index (χ2n) is 6.44. The fourth-order valence-corrected chi connectivity index (χ4v) is 3.35. The Morgan fingerprint density at radius 3 is 2.79 bits per heavy atom. The van der Waals surface area contributed by atoms with Crippen LogP contribution in [0, 0.1) is 0 Å². The van der Waals surface area contributed by atoms with Gasteiger partial charge in [-0.1, -0.05) is 24.6 Å². The van der Waals surface area contributed by atoms with E-state index in [4.69, 9.17) is 30.2 Å². The predicted octanol–water partition coefficient (Wildman–Crippen LogP) is 4.49. The van der Waals surface area contributed by atoms with E-state index >= 15 is 0 Å². The molecule has 0 atom stereocenters. The van der Waals surface area contributed by atoms with E-state index in [9.17, 15) is 9.59 Å². The van der Waals surface area contributed by atoms with Crippen LogP contribution in [-0.4, -0.2) is 12.8 Å². The van der Waals surface area contributed by atoms with Crippen LogP contribution in [0.4, 0.5) is 0 Å². The largest absolute Gasteiger partial charge is 0.458 e. The van der Waals surface area contributed by atoms with Crippen molar-refractivity contribution in [2.75, 3.05) is 6.79 Å². The average molecular weight is 413 g/mol. The van der Waals surface area contributed by atoms with Crippen molar-refractivity contribution in [1.29, 1.82) is 0 Å². The highest BCUT2D eigenvalue weighted by molar-refractivity contribution is 6.32. The highest BCUT2D eigenvalue weighted by Crippen LogP contribution is 2.32. The lowest BCUT2D eigenvalue weighted by molar-refractivity contribution is -0.138. The Morgan fingerprint density at radius 2 is 1.97 bits per heavy atom. The highest BCUT2D eigenvalue weighted by atomic mass is 35.5. The van der Waals surface area contributed by atoms with Crippen LogP contribution in [0.15, 0.2) is 51.7 Å². The molecule has 4 rings (SSSR count). The number of benzene rings is 2. The molecule has 0 spiro atoms. The van der Waals surface area contributed by atoms with Crippen molar-refractivity contribution >= 4 is 34.6 Å². The number of halogens is 1. The van der Waals surface area contributed by atoms with Crippen LogP contribution in [0.2, 0.25) is 5.02 Å². The summed E-state index contributed by atoms with van der Waals surface area (Å²) in [5, 5.41) is 1.21. The minimum absolute atomic E-state index is 0.0752. The van der Waals surface area contributed by atoms with Crippen LogP contribution in [0.3, 0.4) is 0 Å². The first-order valence-electron chi connectivity index (χ1n) is 9.03. The molecular formula is C22H17ClO6. The number of esters is 1. The number of rotatable bonds is 5. The lowest BCUT2D eigenvalue weighted by Crippen LogP contribution is -2.06. The van der Waals surface area contributed by atoms with Crippen molar-refractivity contribution < 1.29 is 23.4 Å². The van der Waals surface area contributed by atoms with Crippen molar-refractivity contribution in [2.45, 2.75) is 20.0 Å². The summed E-state index contributed by atoms with van der Waals surface area (Å²) in [6.45, 7) is 2.07. The van der Waals surface area contributed by atoms with Gasteiger partial charge < -0.3 is 18.6 Å². The lowest BCUT2D eigenvalue weighted by atomic mass is 10.1. The second kappa shape index (κ2) is 8.01. The maximum absolute atomic E-state index is 12.1. The molecule has 0 saturated heterocycles. The van der Waals surface area contributed by atoms with Crippen LogP contribution in [0.5, 0.6) is 11.5 Å². The monoisotopic (exact) mass is 412 g/mol. The van der Waals surface area contributed by atoms with E-state index in [0.29, 0.717) is 39.5 Å². The average Bonchev–Trinajstić information content (AvgIpc) is 3.18. The van der Waals surface area contributed by atoms with E-state index in [2.05, 4.69) is 0 Å². The Labute approximate surface area is 171 Å².